The maximum absolute atomic E-state index is 13.3. The molecule has 0 saturated heterocycles. The predicted octanol–water partition coefficient (Wildman–Crippen LogP) is 5.18. The summed E-state index contributed by atoms with van der Waals surface area (Å²) in [7, 11) is -3.60. The lowest BCUT2D eigenvalue weighted by molar-refractivity contribution is -0.140. The zero-order valence-corrected chi connectivity index (χ0v) is 23.8. The third-order valence-electron chi connectivity index (χ3n) is 6.00. The topological polar surface area (TPSA) is 86.8 Å². The fraction of sp³-hybridized carbons (Fsp3) is 0.462. The fourth-order valence-corrected chi connectivity index (χ4v) is 5.11. The van der Waals surface area contributed by atoms with Crippen molar-refractivity contribution in [2.24, 2.45) is 0 Å². The quantitative estimate of drug-likeness (QED) is 0.391. The largest absolute Gasteiger partial charge is 0.352 e. The van der Waals surface area contributed by atoms with Crippen LogP contribution >= 0.6 is 23.2 Å². The summed E-state index contributed by atoms with van der Waals surface area (Å²) >= 11 is 12.2. The Morgan fingerprint density at radius 1 is 1.06 bits per heavy atom. The maximum Gasteiger partial charge on any atom is 0.242 e. The van der Waals surface area contributed by atoms with E-state index in [-0.39, 0.29) is 43.8 Å². The highest BCUT2D eigenvalue weighted by Gasteiger charge is 2.27. The molecule has 0 aromatic heterocycles. The van der Waals surface area contributed by atoms with Crippen LogP contribution in [0.4, 0.5) is 5.69 Å². The number of benzene rings is 2. The van der Waals surface area contributed by atoms with Gasteiger partial charge >= 0.3 is 0 Å². The van der Waals surface area contributed by atoms with Gasteiger partial charge in [-0.05, 0) is 69.0 Å². The van der Waals surface area contributed by atoms with E-state index in [4.69, 9.17) is 23.2 Å². The summed E-state index contributed by atoms with van der Waals surface area (Å²) < 4.78 is 26.3. The number of halogens is 2. The lowest BCUT2D eigenvalue weighted by Crippen LogP contribution is -2.49. The minimum Gasteiger partial charge on any atom is -0.352 e. The smallest absolute Gasteiger partial charge is 0.242 e. The molecular weight excluding hydrogens is 521 g/mol. The number of amides is 2. The fourth-order valence-electron chi connectivity index (χ4n) is 3.71. The summed E-state index contributed by atoms with van der Waals surface area (Å²) in [5.41, 5.74) is 2.04. The first kappa shape index (κ1) is 29.9. The molecule has 1 N–H and O–H groups in total. The van der Waals surface area contributed by atoms with E-state index in [0.29, 0.717) is 15.7 Å². The van der Waals surface area contributed by atoms with Crippen molar-refractivity contribution >= 4 is 50.7 Å². The van der Waals surface area contributed by atoms with Crippen molar-refractivity contribution in [3.8, 4) is 0 Å². The van der Waals surface area contributed by atoms with Crippen molar-refractivity contribution in [1.82, 2.24) is 10.2 Å². The number of hydrogen-bond donors (Lipinski definition) is 1. The zero-order valence-electron chi connectivity index (χ0n) is 21.4. The molecule has 0 aliphatic carbocycles. The molecule has 2 atom stereocenters. The van der Waals surface area contributed by atoms with Gasteiger partial charge in [0.05, 0.1) is 11.9 Å². The molecule has 2 amide bonds. The number of carbonyl (C=O) groups excluding carboxylic acids is 2. The monoisotopic (exact) mass is 555 g/mol. The third kappa shape index (κ3) is 8.68. The van der Waals surface area contributed by atoms with E-state index in [1.54, 1.807) is 50.2 Å². The zero-order chi connectivity index (χ0) is 27.0. The van der Waals surface area contributed by atoms with Crippen LogP contribution in [0.2, 0.25) is 10.0 Å². The van der Waals surface area contributed by atoms with Crippen molar-refractivity contribution in [1.29, 1.82) is 0 Å². The molecule has 0 bridgehead atoms. The average Bonchev–Trinajstić information content (AvgIpc) is 2.80. The van der Waals surface area contributed by atoms with Crippen LogP contribution in [0, 0.1) is 6.92 Å². The number of rotatable bonds is 12. The minimum absolute atomic E-state index is 0.0210. The minimum atomic E-state index is -3.60. The van der Waals surface area contributed by atoms with Crippen LogP contribution in [0.3, 0.4) is 0 Å². The lowest BCUT2D eigenvalue weighted by Gasteiger charge is -2.30. The second kappa shape index (κ2) is 13.3. The van der Waals surface area contributed by atoms with Gasteiger partial charge in [0, 0.05) is 35.6 Å². The van der Waals surface area contributed by atoms with Gasteiger partial charge in [-0.3, -0.25) is 13.9 Å². The molecule has 2 aromatic carbocycles. The molecule has 7 nitrogen and oxygen atoms in total. The van der Waals surface area contributed by atoms with E-state index in [1.165, 1.54) is 9.21 Å². The molecule has 0 radical (unpaired) electrons. The number of aryl methyl sites for hydroxylation is 1. The van der Waals surface area contributed by atoms with E-state index >= 15 is 0 Å². The van der Waals surface area contributed by atoms with E-state index in [1.807, 2.05) is 19.9 Å². The SMILES string of the molecule is CCC(C)NC(=O)C(C)N(Cc1cccc(Cl)c1)C(=O)CCCN(c1cc(Cl)ccc1C)S(C)(=O)=O. The van der Waals surface area contributed by atoms with Gasteiger partial charge in [0.2, 0.25) is 21.8 Å². The molecule has 0 saturated carbocycles. The molecule has 10 heteroatoms. The molecule has 0 aliphatic heterocycles. The number of carbonyl (C=O) groups is 2. The number of hydrogen-bond acceptors (Lipinski definition) is 4. The van der Waals surface area contributed by atoms with Crippen LogP contribution in [-0.2, 0) is 26.2 Å². The number of nitrogens with zero attached hydrogens (tertiary/aromatic N) is 2. The van der Waals surface area contributed by atoms with Gasteiger partial charge in [0.25, 0.3) is 0 Å². The van der Waals surface area contributed by atoms with Crippen LogP contribution in [0.5, 0.6) is 0 Å². The van der Waals surface area contributed by atoms with Crippen LogP contribution in [-0.4, -0.2) is 50.0 Å². The Hall–Kier alpha value is -2.29. The second-order valence-electron chi connectivity index (χ2n) is 9.01. The van der Waals surface area contributed by atoms with Gasteiger partial charge in [-0.15, -0.1) is 0 Å². The van der Waals surface area contributed by atoms with Gasteiger partial charge in [-0.2, -0.15) is 0 Å². The van der Waals surface area contributed by atoms with Gasteiger partial charge < -0.3 is 10.2 Å². The number of anilines is 1. The van der Waals surface area contributed by atoms with Gasteiger partial charge in [-0.1, -0.05) is 48.3 Å². The van der Waals surface area contributed by atoms with E-state index < -0.39 is 16.1 Å². The van der Waals surface area contributed by atoms with Gasteiger partial charge in [0.15, 0.2) is 0 Å². The van der Waals surface area contributed by atoms with Gasteiger partial charge in [-0.25, -0.2) is 8.42 Å². The normalized spacial score (nSPS) is 13.1. The molecule has 2 aromatic rings. The molecule has 198 valence electrons. The van der Waals surface area contributed by atoms with Crippen molar-refractivity contribution in [3.63, 3.8) is 0 Å². The Morgan fingerprint density at radius 2 is 1.72 bits per heavy atom. The molecule has 0 aliphatic rings. The van der Waals surface area contributed by atoms with Crippen molar-refractivity contribution in [2.75, 3.05) is 17.1 Å². The predicted molar refractivity (Wildman–Crippen MR) is 147 cm³/mol. The first-order valence-electron chi connectivity index (χ1n) is 11.9. The molecule has 2 unspecified atom stereocenters. The number of sulfonamides is 1. The van der Waals surface area contributed by atoms with E-state index in [9.17, 15) is 18.0 Å². The standard InChI is InChI=1S/C26H35Cl2N3O4S/c1-6-19(3)29-26(33)20(4)30(17-21-9-7-10-22(27)15-21)25(32)11-8-14-31(36(5,34)35)24-16-23(28)13-12-18(24)2/h7,9-10,12-13,15-16,19-20H,6,8,11,14,17H2,1-5H3,(H,29,33). The van der Waals surface area contributed by atoms with Crippen molar-refractivity contribution < 1.29 is 18.0 Å². The van der Waals surface area contributed by atoms with Crippen molar-refractivity contribution in [3.05, 3.63) is 63.6 Å². The van der Waals surface area contributed by atoms with Crippen LogP contribution in [0.25, 0.3) is 0 Å². The summed E-state index contributed by atoms with van der Waals surface area (Å²) in [6, 6.07) is 11.5. The number of nitrogens with one attached hydrogen (secondary N) is 1. The summed E-state index contributed by atoms with van der Waals surface area (Å²) in [6.45, 7) is 7.69. The van der Waals surface area contributed by atoms with E-state index in [2.05, 4.69) is 5.32 Å². The highest BCUT2D eigenvalue weighted by atomic mass is 35.5. The average molecular weight is 557 g/mol. The Morgan fingerprint density at radius 3 is 2.33 bits per heavy atom. The first-order valence-corrected chi connectivity index (χ1v) is 14.5. The summed E-state index contributed by atoms with van der Waals surface area (Å²) in [4.78, 5) is 27.7. The molecule has 0 spiro atoms. The summed E-state index contributed by atoms with van der Waals surface area (Å²) in [5.74, 6) is -0.495. The molecular formula is C26H35Cl2N3O4S. The Balaban J connectivity index is 2.21. The Bertz CT molecular complexity index is 1170. The first-order chi connectivity index (χ1) is 16.8. The Labute approximate surface area is 224 Å². The molecule has 2 rings (SSSR count). The summed E-state index contributed by atoms with van der Waals surface area (Å²) in [5, 5.41) is 3.89. The van der Waals surface area contributed by atoms with Crippen molar-refractivity contribution in [2.45, 2.75) is 65.6 Å². The van der Waals surface area contributed by atoms with Crippen LogP contribution in [0.1, 0.15) is 51.2 Å². The van der Waals surface area contributed by atoms with Crippen LogP contribution < -0.4 is 9.62 Å². The second-order valence-corrected chi connectivity index (χ2v) is 11.8. The van der Waals surface area contributed by atoms with Gasteiger partial charge in [0.1, 0.15) is 6.04 Å². The van der Waals surface area contributed by atoms with Crippen LogP contribution in [0.15, 0.2) is 42.5 Å². The highest BCUT2D eigenvalue weighted by Crippen LogP contribution is 2.27. The van der Waals surface area contributed by atoms with E-state index in [0.717, 1.165) is 23.8 Å². The summed E-state index contributed by atoms with van der Waals surface area (Å²) in [6.07, 6.45) is 2.23. The molecule has 0 fully saturated rings. The lowest BCUT2D eigenvalue weighted by atomic mass is 10.1. The third-order valence-corrected chi connectivity index (χ3v) is 7.65. The molecule has 36 heavy (non-hydrogen) atoms. The highest BCUT2D eigenvalue weighted by molar-refractivity contribution is 7.92. The maximum atomic E-state index is 13.3. The Kier molecular flexibility index (Phi) is 11.1. The molecule has 0 heterocycles.